The van der Waals surface area contributed by atoms with E-state index in [1.54, 1.807) is 12.1 Å². The quantitative estimate of drug-likeness (QED) is 0.806. The van der Waals surface area contributed by atoms with Gasteiger partial charge in [0, 0.05) is 30.3 Å². The van der Waals surface area contributed by atoms with Crippen LogP contribution >= 0.6 is 24.0 Å². The minimum atomic E-state index is -0.238. The molecule has 0 amide bonds. The summed E-state index contributed by atoms with van der Waals surface area (Å²) in [7, 11) is 0. The van der Waals surface area contributed by atoms with Crippen LogP contribution in [0.1, 0.15) is 0 Å². The SMILES string of the molecule is NC(=S)Nc1ccc(N2CCSCC2)c(F)c1. The lowest BCUT2D eigenvalue weighted by Crippen LogP contribution is -2.33. The number of nitrogens with two attached hydrogens (primary N) is 1. The van der Waals surface area contributed by atoms with Crippen molar-refractivity contribution in [3.05, 3.63) is 24.0 Å². The van der Waals surface area contributed by atoms with Gasteiger partial charge in [0.25, 0.3) is 0 Å². The van der Waals surface area contributed by atoms with Gasteiger partial charge in [0.1, 0.15) is 5.82 Å². The summed E-state index contributed by atoms with van der Waals surface area (Å²) in [6.07, 6.45) is 0. The van der Waals surface area contributed by atoms with Gasteiger partial charge in [-0.3, -0.25) is 0 Å². The summed E-state index contributed by atoms with van der Waals surface area (Å²) < 4.78 is 13.9. The van der Waals surface area contributed by atoms with E-state index in [9.17, 15) is 4.39 Å². The van der Waals surface area contributed by atoms with E-state index in [1.807, 2.05) is 11.8 Å². The van der Waals surface area contributed by atoms with Crippen LogP contribution in [0, 0.1) is 5.82 Å². The number of halogens is 1. The number of thiocarbonyl (C=S) groups is 1. The molecule has 3 N–H and O–H groups in total. The second-order valence-electron chi connectivity index (χ2n) is 3.75. The number of benzene rings is 1. The maximum atomic E-state index is 13.9. The van der Waals surface area contributed by atoms with Crippen molar-refractivity contribution in [1.82, 2.24) is 0 Å². The Morgan fingerprint density at radius 1 is 1.41 bits per heavy atom. The highest BCUT2D eigenvalue weighted by atomic mass is 32.2. The maximum absolute atomic E-state index is 13.9. The van der Waals surface area contributed by atoms with Crippen molar-refractivity contribution in [2.24, 2.45) is 5.73 Å². The monoisotopic (exact) mass is 271 g/mol. The number of rotatable bonds is 2. The third-order valence-corrected chi connectivity index (χ3v) is 3.61. The van der Waals surface area contributed by atoms with Crippen LogP contribution in [0.4, 0.5) is 15.8 Å². The normalized spacial score (nSPS) is 15.7. The Balaban J connectivity index is 2.15. The van der Waals surface area contributed by atoms with Gasteiger partial charge in [-0.15, -0.1) is 0 Å². The lowest BCUT2D eigenvalue weighted by molar-refractivity contribution is 0.620. The average Bonchev–Trinajstić information content (AvgIpc) is 2.29. The average molecular weight is 271 g/mol. The number of hydrogen-bond donors (Lipinski definition) is 2. The first-order valence-corrected chi connectivity index (χ1v) is 6.92. The Kier molecular flexibility index (Phi) is 4.06. The Labute approximate surface area is 110 Å². The molecule has 92 valence electrons. The summed E-state index contributed by atoms with van der Waals surface area (Å²) >= 11 is 6.61. The van der Waals surface area contributed by atoms with Gasteiger partial charge < -0.3 is 16.0 Å². The topological polar surface area (TPSA) is 41.3 Å². The van der Waals surface area contributed by atoms with Gasteiger partial charge in [0.2, 0.25) is 0 Å². The first-order valence-electron chi connectivity index (χ1n) is 5.35. The molecule has 1 aromatic carbocycles. The van der Waals surface area contributed by atoms with Crippen LogP contribution in [0.2, 0.25) is 0 Å². The molecule has 2 rings (SSSR count). The lowest BCUT2D eigenvalue weighted by Gasteiger charge is -2.28. The van der Waals surface area contributed by atoms with E-state index in [0.29, 0.717) is 11.4 Å². The summed E-state index contributed by atoms with van der Waals surface area (Å²) in [4.78, 5) is 2.07. The van der Waals surface area contributed by atoms with Gasteiger partial charge in [0.15, 0.2) is 5.11 Å². The summed E-state index contributed by atoms with van der Waals surface area (Å²) in [5.41, 5.74) is 6.58. The van der Waals surface area contributed by atoms with Crippen molar-refractivity contribution < 1.29 is 4.39 Å². The van der Waals surface area contributed by atoms with E-state index in [0.717, 1.165) is 24.6 Å². The van der Waals surface area contributed by atoms with Gasteiger partial charge in [0.05, 0.1) is 5.69 Å². The fraction of sp³-hybridized carbons (Fsp3) is 0.364. The molecule has 17 heavy (non-hydrogen) atoms. The van der Waals surface area contributed by atoms with E-state index in [2.05, 4.69) is 10.2 Å². The summed E-state index contributed by atoms with van der Waals surface area (Å²) in [5, 5.41) is 2.87. The minimum absolute atomic E-state index is 0.145. The highest BCUT2D eigenvalue weighted by molar-refractivity contribution is 7.99. The number of thioether (sulfide) groups is 1. The first kappa shape index (κ1) is 12.4. The van der Waals surface area contributed by atoms with E-state index in [1.165, 1.54) is 6.07 Å². The van der Waals surface area contributed by atoms with Gasteiger partial charge in [-0.1, -0.05) is 0 Å². The Morgan fingerprint density at radius 2 is 2.12 bits per heavy atom. The molecule has 1 aliphatic heterocycles. The lowest BCUT2D eigenvalue weighted by atomic mass is 10.2. The predicted octanol–water partition coefficient (Wildman–Crippen LogP) is 2.03. The summed E-state index contributed by atoms with van der Waals surface area (Å²) in [6.45, 7) is 1.79. The molecule has 0 aromatic heterocycles. The van der Waals surface area contributed by atoms with E-state index in [-0.39, 0.29) is 10.9 Å². The number of hydrogen-bond acceptors (Lipinski definition) is 3. The molecule has 1 fully saturated rings. The molecular formula is C11H14FN3S2. The van der Waals surface area contributed by atoms with E-state index in [4.69, 9.17) is 18.0 Å². The summed E-state index contributed by atoms with van der Waals surface area (Å²) in [6, 6.07) is 4.99. The standard InChI is InChI=1S/C11H14FN3S2/c12-9-7-8(14-11(13)16)1-2-10(9)15-3-5-17-6-4-15/h1-2,7H,3-6H2,(H3,13,14,16). The van der Waals surface area contributed by atoms with Crippen LogP contribution in [0.25, 0.3) is 0 Å². The molecule has 0 unspecified atom stereocenters. The van der Waals surface area contributed by atoms with Crippen molar-refractivity contribution in [2.45, 2.75) is 0 Å². The van der Waals surface area contributed by atoms with E-state index >= 15 is 0 Å². The minimum Gasteiger partial charge on any atom is -0.376 e. The Bertz CT molecular complexity index is 419. The number of nitrogens with zero attached hydrogens (tertiary/aromatic N) is 1. The molecule has 0 radical (unpaired) electrons. The molecule has 1 saturated heterocycles. The molecule has 0 saturated carbocycles. The zero-order valence-corrected chi connectivity index (χ0v) is 10.9. The zero-order valence-electron chi connectivity index (χ0n) is 9.28. The van der Waals surface area contributed by atoms with Crippen LogP contribution < -0.4 is 16.0 Å². The molecule has 0 aliphatic carbocycles. The van der Waals surface area contributed by atoms with Crippen LogP contribution in [-0.2, 0) is 0 Å². The van der Waals surface area contributed by atoms with Crippen molar-refractivity contribution in [2.75, 3.05) is 34.8 Å². The molecule has 1 aromatic rings. The van der Waals surface area contributed by atoms with E-state index < -0.39 is 0 Å². The molecule has 0 atom stereocenters. The van der Waals surface area contributed by atoms with Gasteiger partial charge >= 0.3 is 0 Å². The molecule has 1 heterocycles. The van der Waals surface area contributed by atoms with Gasteiger partial charge in [-0.05, 0) is 30.4 Å². The van der Waals surface area contributed by atoms with Crippen LogP contribution in [-0.4, -0.2) is 29.7 Å². The third kappa shape index (κ3) is 3.23. The molecule has 1 aliphatic rings. The maximum Gasteiger partial charge on any atom is 0.168 e. The van der Waals surface area contributed by atoms with Crippen LogP contribution in [0.15, 0.2) is 18.2 Å². The Hall–Kier alpha value is -1.01. The second-order valence-corrected chi connectivity index (χ2v) is 5.42. The fourth-order valence-electron chi connectivity index (χ4n) is 1.79. The molecule has 0 spiro atoms. The van der Waals surface area contributed by atoms with Crippen LogP contribution in [0.3, 0.4) is 0 Å². The zero-order chi connectivity index (χ0) is 12.3. The molecule has 0 bridgehead atoms. The number of anilines is 2. The second kappa shape index (κ2) is 5.55. The van der Waals surface area contributed by atoms with Gasteiger partial charge in [-0.2, -0.15) is 11.8 Å². The number of nitrogens with one attached hydrogen (secondary N) is 1. The predicted molar refractivity (Wildman–Crippen MR) is 76.3 cm³/mol. The highest BCUT2D eigenvalue weighted by Gasteiger charge is 2.15. The third-order valence-electron chi connectivity index (χ3n) is 2.57. The largest absolute Gasteiger partial charge is 0.376 e. The van der Waals surface area contributed by atoms with Crippen LogP contribution in [0.5, 0.6) is 0 Å². The smallest absolute Gasteiger partial charge is 0.168 e. The highest BCUT2D eigenvalue weighted by Crippen LogP contribution is 2.25. The molecular weight excluding hydrogens is 257 g/mol. The van der Waals surface area contributed by atoms with Crippen molar-refractivity contribution in [3.8, 4) is 0 Å². The molecule has 3 nitrogen and oxygen atoms in total. The fourth-order valence-corrected chi connectivity index (χ4v) is 2.81. The summed E-state index contributed by atoms with van der Waals surface area (Å²) in [5.74, 6) is 1.86. The molecule has 6 heteroatoms. The first-order chi connectivity index (χ1) is 8.16. The Morgan fingerprint density at radius 3 is 2.71 bits per heavy atom. The van der Waals surface area contributed by atoms with Crippen molar-refractivity contribution >= 4 is 40.5 Å². The van der Waals surface area contributed by atoms with Crippen molar-refractivity contribution in [3.63, 3.8) is 0 Å². The van der Waals surface area contributed by atoms with Crippen molar-refractivity contribution in [1.29, 1.82) is 0 Å². The van der Waals surface area contributed by atoms with Gasteiger partial charge in [-0.25, -0.2) is 4.39 Å².